The van der Waals surface area contributed by atoms with Crippen molar-refractivity contribution in [2.45, 2.75) is 32.9 Å². The molecule has 3 aromatic carbocycles. The molecule has 1 amide bonds. The highest BCUT2D eigenvalue weighted by molar-refractivity contribution is 6.31. The van der Waals surface area contributed by atoms with Gasteiger partial charge in [-0.3, -0.25) is 9.59 Å². The van der Waals surface area contributed by atoms with Crippen molar-refractivity contribution in [1.82, 2.24) is 14.9 Å². The van der Waals surface area contributed by atoms with E-state index in [0.717, 1.165) is 11.1 Å². The number of aromatic nitrogens is 2. The third-order valence-corrected chi connectivity index (χ3v) is 5.85. The Morgan fingerprint density at radius 1 is 1.06 bits per heavy atom. The van der Waals surface area contributed by atoms with E-state index in [1.807, 2.05) is 37.3 Å². The molecule has 168 valence electrons. The first-order valence-corrected chi connectivity index (χ1v) is 11.0. The first-order chi connectivity index (χ1) is 15.9. The highest BCUT2D eigenvalue weighted by atomic mass is 35.5. The van der Waals surface area contributed by atoms with Crippen LogP contribution in [0.25, 0.3) is 11.0 Å². The summed E-state index contributed by atoms with van der Waals surface area (Å²) in [6.07, 6.45) is 0.293. The standard InChI is InChI=1S/C26H23ClFN3O2/c1-17-9-11-18(12-10-17)15-29-25(32)14-13-23-26(33)31(24-8-3-2-7-22(24)30-23)16-19-20(27)5-4-6-21(19)28/h2-12H,13-16H2,1H3,(H,29,32). The van der Waals surface area contributed by atoms with Gasteiger partial charge < -0.3 is 9.88 Å². The predicted octanol–water partition coefficient (Wildman–Crippen LogP) is 4.79. The molecule has 0 spiro atoms. The van der Waals surface area contributed by atoms with Gasteiger partial charge in [-0.25, -0.2) is 9.37 Å². The van der Waals surface area contributed by atoms with E-state index < -0.39 is 5.82 Å². The maximum Gasteiger partial charge on any atom is 0.273 e. The largest absolute Gasteiger partial charge is 0.352 e. The number of amides is 1. The molecule has 0 saturated heterocycles. The first kappa shape index (κ1) is 22.7. The number of rotatable bonds is 7. The van der Waals surface area contributed by atoms with Gasteiger partial charge in [0.2, 0.25) is 5.91 Å². The molecule has 0 aliphatic carbocycles. The molecule has 0 unspecified atom stereocenters. The fraction of sp³-hybridized carbons (Fsp3) is 0.192. The maximum absolute atomic E-state index is 14.4. The second kappa shape index (κ2) is 9.96. The van der Waals surface area contributed by atoms with Gasteiger partial charge in [-0.15, -0.1) is 0 Å². The van der Waals surface area contributed by atoms with Crippen LogP contribution in [0.5, 0.6) is 0 Å². The second-order valence-electron chi connectivity index (χ2n) is 7.90. The number of halogens is 2. The van der Waals surface area contributed by atoms with E-state index in [9.17, 15) is 14.0 Å². The lowest BCUT2D eigenvalue weighted by Gasteiger charge is -2.14. The number of aryl methyl sites for hydroxylation is 2. The first-order valence-electron chi connectivity index (χ1n) is 10.7. The molecule has 7 heteroatoms. The topological polar surface area (TPSA) is 64.0 Å². The summed E-state index contributed by atoms with van der Waals surface area (Å²) in [5.74, 6) is -0.652. The molecule has 0 saturated carbocycles. The molecule has 0 aliphatic heterocycles. The van der Waals surface area contributed by atoms with Gasteiger partial charge in [0.15, 0.2) is 0 Å². The number of hydrogen-bond donors (Lipinski definition) is 1. The fourth-order valence-electron chi connectivity index (χ4n) is 3.63. The van der Waals surface area contributed by atoms with Crippen LogP contribution in [0.15, 0.2) is 71.5 Å². The summed E-state index contributed by atoms with van der Waals surface area (Å²) in [5.41, 5.74) is 3.46. The van der Waals surface area contributed by atoms with Gasteiger partial charge in [0.05, 0.1) is 17.6 Å². The average molecular weight is 464 g/mol. The van der Waals surface area contributed by atoms with Crippen molar-refractivity contribution in [1.29, 1.82) is 0 Å². The van der Waals surface area contributed by atoms with Crippen molar-refractivity contribution in [2.24, 2.45) is 0 Å². The maximum atomic E-state index is 14.4. The quantitative estimate of drug-likeness (QED) is 0.428. The molecule has 0 radical (unpaired) electrons. The molecule has 1 N–H and O–H groups in total. The lowest BCUT2D eigenvalue weighted by Crippen LogP contribution is -2.29. The van der Waals surface area contributed by atoms with Crippen molar-refractivity contribution >= 4 is 28.5 Å². The predicted molar refractivity (Wildman–Crippen MR) is 128 cm³/mol. The zero-order valence-electron chi connectivity index (χ0n) is 18.1. The average Bonchev–Trinajstić information content (AvgIpc) is 2.81. The van der Waals surface area contributed by atoms with Gasteiger partial charge in [0, 0.05) is 30.0 Å². The number of benzene rings is 3. The van der Waals surface area contributed by atoms with Crippen LogP contribution in [0.2, 0.25) is 5.02 Å². The Morgan fingerprint density at radius 2 is 1.82 bits per heavy atom. The van der Waals surface area contributed by atoms with E-state index in [2.05, 4.69) is 10.3 Å². The number of fused-ring (bicyclic) bond motifs is 1. The van der Waals surface area contributed by atoms with Crippen LogP contribution >= 0.6 is 11.6 Å². The van der Waals surface area contributed by atoms with Crippen molar-refractivity contribution in [3.05, 3.63) is 110 Å². The summed E-state index contributed by atoms with van der Waals surface area (Å²) in [4.78, 5) is 30.1. The number of hydrogen-bond acceptors (Lipinski definition) is 3. The van der Waals surface area contributed by atoms with Crippen molar-refractivity contribution in [3.63, 3.8) is 0 Å². The van der Waals surface area contributed by atoms with Crippen LogP contribution in [0, 0.1) is 12.7 Å². The van der Waals surface area contributed by atoms with Crippen LogP contribution in [0.4, 0.5) is 4.39 Å². The molecule has 5 nitrogen and oxygen atoms in total. The van der Waals surface area contributed by atoms with Crippen LogP contribution in [0.3, 0.4) is 0 Å². The number of carbonyl (C=O) groups excluding carboxylic acids is 1. The summed E-state index contributed by atoms with van der Waals surface area (Å²) in [6, 6.07) is 19.5. The minimum Gasteiger partial charge on any atom is -0.352 e. The summed E-state index contributed by atoms with van der Waals surface area (Å²) < 4.78 is 15.9. The summed E-state index contributed by atoms with van der Waals surface area (Å²) in [6.45, 7) is 2.39. The zero-order chi connectivity index (χ0) is 23.4. The summed E-state index contributed by atoms with van der Waals surface area (Å²) >= 11 is 6.20. The van der Waals surface area contributed by atoms with Gasteiger partial charge in [-0.1, -0.05) is 59.6 Å². The Morgan fingerprint density at radius 3 is 2.58 bits per heavy atom. The lowest BCUT2D eigenvalue weighted by atomic mass is 10.1. The van der Waals surface area contributed by atoms with Crippen molar-refractivity contribution < 1.29 is 9.18 Å². The molecule has 0 atom stereocenters. The Hall–Kier alpha value is -3.51. The molecular weight excluding hydrogens is 441 g/mol. The third-order valence-electron chi connectivity index (χ3n) is 5.50. The molecule has 4 aromatic rings. The van der Waals surface area contributed by atoms with Crippen LogP contribution < -0.4 is 10.9 Å². The molecule has 1 heterocycles. The molecule has 0 fully saturated rings. The molecule has 0 aliphatic rings. The van der Waals surface area contributed by atoms with E-state index >= 15 is 0 Å². The Kier molecular flexibility index (Phi) is 6.84. The van der Waals surface area contributed by atoms with E-state index in [-0.39, 0.29) is 47.1 Å². The van der Waals surface area contributed by atoms with Crippen molar-refractivity contribution in [3.8, 4) is 0 Å². The smallest absolute Gasteiger partial charge is 0.273 e. The van der Waals surface area contributed by atoms with Gasteiger partial charge in [-0.05, 0) is 36.8 Å². The fourth-order valence-corrected chi connectivity index (χ4v) is 3.86. The molecular formula is C26H23ClFN3O2. The minimum absolute atomic E-state index is 0.0278. The summed E-state index contributed by atoms with van der Waals surface area (Å²) in [7, 11) is 0. The number of para-hydroxylation sites is 2. The molecule has 0 bridgehead atoms. The number of nitrogens with zero attached hydrogens (tertiary/aromatic N) is 2. The van der Waals surface area contributed by atoms with E-state index in [1.54, 1.807) is 24.3 Å². The lowest BCUT2D eigenvalue weighted by molar-refractivity contribution is -0.121. The Balaban J connectivity index is 1.55. The second-order valence-corrected chi connectivity index (χ2v) is 8.31. The highest BCUT2D eigenvalue weighted by Gasteiger charge is 2.15. The van der Waals surface area contributed by atoms with E-state index in [1.165, 1.54) is 16.7 Å². The number of nitrogens with one attached hydrogen (secondary N) is 1. The van der Waals surface area contributed by atoms with Crippen LogP contribution in [-0.2, 0) is 24.3 Å². The van der Waals surface area contributed by atoms with Gasteiger partial charge in [0.1, 0.15) is 11.5 Å². The Bertz CT molecular complexity index is 1350. The zero-order valence-corrected chi connectivity index (χ0v) is 18.9. The highest BCUT2D eigenvalue weighted by Crippen LogP contribution is 2.21. The molecule has 1 aromatic heterocycles. The minimum atomic E-state index is -0.479. The summed E-state index contributed by atoms with van der Waals surface area (Å²) in [5, 5.41) is 3.12. The van der Waals surface area contributed by atoms with Crippen molar-refractivity contribution in [2.75, 3.05) is 0 Å². The molecule has 33 heavy (non-hydrogen) atoms. The van der Waals surface area contributed by atoms with E-state index in [4.69, 9.17) is 11.6 Å². The van der Waals surface area contributed by atoms with E-state index in [0.29, 0.717) is 17.6 Å². The normalized spacial score (nSPS) is 11.0. The molecule has 4 rings (SSSR count). The Labute approximate surface area is 195 Å². The van der Waals surface area contributed by atoms with Crippen LogP contribution in [0.1, 0.15) is 28.8 Å². The van der Waals surface area contributed by atoms with Gasteiger partial charge >= 0.3 is 0 Å². The van der Waals surface area contributed by atoms with Crippen LogP contribution in [-0.4, -0.2) is 15.5 Å². The SMILES string of the molecule is Cc1ccc(CNC(=O)CCc2nc3ccccc3n(Cc3c(F)cccc3Cl)c2=O)cc1. The van der Waals surface area contributed by atoms with Gasteiger partial charge in [-0.2, -0.15) is 0 Å². The van der Waals surface area contributed by atoms with Gasteiger partial charge in [0.25, 0.3) is 5.56 Å². The number of carbonyl (C=O) groups is 1. The monoisotopic (exact) mass is 463 g/mol. The third kappa shape index (κ3) is 5.29.